The first-order valence-electron chi connectivity index (χ1n) is 9.07. The first-order chi connectivity index (χ1) is 13.3. The fourth-order valence-electron chi connectivity index (χ4n) is 3.57. The summed E-state index contributed by atoms with van der Waals surface area (Å²) in [5.74, 6) is -1.04. The lowest BCUT2D eigenvalue weighted by Gasteiger charge is -2.26. The van der Waals surface area contributed by atoms with Gasteiger partial charge in [-0.25, -0.2) is 4.79 Å². The van der Waals surface area contributed by atoms with Crippen molar-refractivity contribution < 1.29 is 19.2 Å². The molecule has 3 rings (SSSR count). The minimum absolute atomic E-state index is 0.0121. The predicted molar refractivity (Wildman–Crippen MR) is 103 cm³/mol. The number of rotatable bonds is 4. The minimum atomic E-state index is -0.718. The molecule has 7 heteroatoms. The van der Waals surface area contributed by atoms with E-state index in [1.54, 1.807) is 4.90 Å². The zero-order chi connectivity index (χ0) is 20.4. The number of likely N-dealkylation sites (tertiary alicyclic amines) is 1. The van der Waals surface area contributed by atoms with Crippen LogP contribution in [-0.2, 0) is 4.74 Å². The number of nitrogens with zero attached hydrogens (tertiary/aromatic N) is 2. The molecule has 1 heterocycles. The molecule has 28 heavy (non-hydrogen) atoms. The number of non-ortho nitro benzene ring substituents is 1. The monoisotopic (exact) mass is 382 g/mol. The van der Waals surface area contributed by atoms with Crippen molar-refractivity contribution >= 4 is 17.6 Å². The van der Waals surface area contributed by atoms with Gasteiger partial charge in [-0.15, -0.1) is 0 Å². The maximum absolute atomic E-state index is 13.2. The van der Waals surface area contributed by atoms with Crippen molar-refractivity contribution in [2.45, 2.75) is 32.7 Å². The van der Waals surface area contributed by atoms with E-state index >= 15 is 0 Å². The number of amides is 1. The molecule has 1 amide bonds. The molecule has 0 spiro atoms. The van der Waals surface area contributed by atoms with E-state index in [1.165, 1.54) is 24.8 Å². The Labute approximate surface area is 163 Å². The van der Waals surface area contributed by atoms with Crippen LogP contribution in [0.4, 0.5) is 5.69 Å². The molecule has 2 aromatic carbocycles. The highest BCUT2D eigenvalue weighted by molar-refractivity contribution is 5.99. The summed E-state index contributed by atoms with van der Waals surface area (Å²) in [5.41, 5.74) is 3.18. The number of ether oxygens (including phenoxy) is 1. The minimum Gasteiger partial charge on any atom is -0.465 e. The topological polar surface area (TPSA) is 89.8 Å². The summed E-state index contributed by atoms with van der Waals surface area (Å²) in [7, 11) is 1.19. The zero-order valence-corrected chi connectivity index (χ0v) is 16.1. The van der Waals surface area contributed by atoms with Crippen LogP contribution in [0.15, 0.2) is 36.4 Å². The van der Waals surface area contributed by atoms with Gasteiger partial charge in [0.05, 0.1) is 23.6 Å². The van der Waals surface area contributed by atoms with E-state index in [0.717, 1.165) is 30.0 Å². The number of benzene rings is 2. The van der Waals surface area contributed by atoms with E-state index < -0.39 is 10.9 Å². The lowest BCUT2D eigenvalue weighted by Crippen LogP contribution is -2.30. The standard InChI is InChI=1S/C21H22N2O5/c1-13-6-7-15(9-14(13)2)19-5-4-8-22(19)20(24)16-10-17(21(25)28-3)12-18(11-16)23(26)27/h6-7,9-12,19H,4-5,8H2,1-3H3. The number of carbonyl (C=O) groups excluding carboxylic acids is 2. The molecule has 0 aliphatic carbocycles. The van der Waals surface area contributed by atoms with Gasteiger partial charge in [-0.2, -0.15) is 0 Å². The summed E-state index contributed by atoms with van der Waals surface area (Å²) in [5, 5.41) is 11.2. The lowest BCUT2D eigenvalue weighted by molar-refractivity contribution is -0.384. The van der Waals surface area contributed by atoms with Crippen LogP contribution in [-0.4, -0.2) is 35.4 Å². The van der Waals surface area contributed by atoms with Crippen molar-refractivity contribution in [3.8, 4) is 0 Å². The Morgan fingerprint density at radius 1 is 1.11 bits per heavy atom. The smallest absolute Gasteiger partial charge is 0.338 e. The molecule has 2 aromatic rings. The quantitative estimate of drug-likeness (QED) is 0.453. The molecule has 1 aliphatic heterocycles. The Hall–Kier alpha value is -3.22. The van der Waals surface area contributed by atoms with Crippen molar-refractivity contribution in [2.75, 3.05) is 13.7 Å². The molecular formula is C21H22N2O5. The normalized spacial score (nSPS) is 16.1. The second-order valence-electron chi connectivity index (χ2n) is 7.02. The molecule has 1 saturated heterocycles. The number of hydrogen-bond acceptors (Lipinski definition) is 5. The highest BCUT2D eigenvalue weighted by Crippen LogP contribution is 2.34. The van der Waals surface area contributed by atoms with Crippen molar-refractivity contribution in [1.82, 2.24) is 4.90 Å². The average Bonchev–Trinajstić information content (AvgIpc) is 3.18. The maximum atomic E-state index is 13.2. The van der Waals surface area contributed by atoms with E-state index in [2.05, 4.69) is 10.8 Å². The number of nitro benzene ring substituents is 1. The SMILES string of the molecule is COC(=O)c1cc(C(=O)N2CCCC2c2ccc(C)c(C)c2)cc([N+](=O)[O-])c1. The molecule has 0 aromatic heterocycles. The van der Waals surface area contributed by atoms with Crippen LogP contribution in [0.2, 0.25) is 0 Å². The van der Waals surface area contributed by atoms with Crippen molar-refractivity contribution in [1.29, 1.82) is 0 Å². The van der Waals surface area contributed by atoms with Crippen LogP contribution >= 0.6 is 0 Å². The molecule has 0 N–H and O–H groups in total. The number of aryl methyl sites for hydroxylation is 2. The molecule has 146 valence electrons. The van der Waals surface area contributed by atoms with Gasteiger partial charge in [0.15, 0.2) is 0 Å². The van der Waals surface area contributed by atoms with Gasteiger partial charge in [0.1, 0.15) is 0 Å². The first kappa shape index (κ1) is 19.5. The van der Waals surface area contributed by atoms with Crippen LogP contribution < -0.4 is 0 Å². The van der Waals surface area contributed by atoms with Gasteiger partial charge in [0, 0.05) is 24.2 Å². The number of hydrogen-bond donors (Lipinski definition) is 0. The lowest BCUT2D eigenvalue weighted by atomic mass is 9.99. The van der Waals surface area contributed by atoms with E-state index in [0.29, 0.717) is 6.54 Å². The fourth-order valence-corrected chi connectivity index (χ4v) is 3.57. The van der Waals surface area contributed by atoms with Gasteiger partial charge in [0.25, 0.3) is 11.6 Å². The second kappa shape index (κ2) is 7.80. The van der Waals surface area contributed by atoms with Gasteiger partial charge in [0.2, 0.25) is 0 Å². The Bertz CT molecular complexity index is 954. The number of methoxy groups -OCH3 is 1. The Balaban J connectivity index is 1.98. The molecule has 1 unspecified atom stereocenters. The largest absolute Gasteiger partial charge is 0.465 e. The molecule has 1 aliphatic rings. The van der Waals surface area contributed by atoms with Gasteiger partial charge in [-0.05, 0) is 49.4 Å². The van der Waals surface area contributed by atoms with E-state index in [9.17, 15) is 19.7 Å². The Kier molecular flexibility index (Phi) is 5.44. The zero-order valence-electron chi connectivity index (χ0n) is 16.1. The number of nitro groups is 1. The Morgan fingerprint density at radius 3 is 2.46 bits per heavy atom. The molecule has 0 radical (unpaired) electrons. The summed E-state index contributed by atoms with van der Waals surface area (Å²) in [6.07, 6.45) is 1.68. The molecular weight excluding hydrogens is 360 g/mol. The van der Waals surface area contributed by atoms with Crippen LogP contribution in [0.3, 0.4) is 0 Å². The van der Waals surface area contributed by atoms with Crippen LogP contribution in [0.1, 0.15) is 56.3 Å². The van der Waals surface area contributed by atoms with Crippen LogP contribution in [0.25, 0.3) is 0 Å². The summed E-state index contributed by atoms with van der Waals surface area (Å²) in [6, 6.07) is 9.74. The third-order valence-electron chi connectivity index (χ3n) is 5.23. The second-order valence-corrected chi connectivity index (χ2v) is 7.02. The van der Waals surface area contributed by atoms with Gasteiger partial charge < -0.3 is 9.64 Å². The van der Waals surface area contributed by atoms with E-state index in [1.807, 2.05) is 26.0 Å². The molecule has 0 bridgehead atoms. The van der Waals surface area contributed by atoms with E-state index in [4.69, 9.17) is 0 Å². The maximum Gasteiger partial charge on any atom is 0.338 e. The predicted octanol–water partition coefficient (Wildman–Crippen LogP) is 3.98. The van der Waals surface area contributed by atoms with Crippen molar-refractivity contribution in [2.24, 2.45) is 0 Å². The van der Waals surface area contributed by atoms with Gasteiger partial charge >= 0.3 is 5.97 Å². The molecule has 0 saturated carbocycles. The van der Waals surface area contributed by atoms with Crippen molar-refractivity contribution in [3.63, 3.8) is 0 Å². The van der Waals surface area contributed by atoms with E-state index in [-0.39, 0.29) is 28.8 Å². The highest BCUT2D eigenvalue weighted by Gasteiger charge is 2.32. The summed E-state index contributed by atoms with van der Waals surface area (Å²) in [4.78, 5) is 37.4. The summed E-state index contributed by atoms with van der Waals surface area (Å²) >= 11 is 0. The van der Waals surface area contributed by atoms with Gasteiger partial charge in [-0.3, -0.25) is 14.9 Å². The van der Waals surface area contributed by atoms with Crippen molar-refractivity contribution in [3.05, 3.63) is 74.3 Å². The third-order valence-corrected chi connectivity index (χ3v) is 5.23. The average molecular weight is 382 g/mol. The molecule has 1 fully saturated rings. The van der Waals surface area contributed by atoms with Crippen LogP contribution in [0.5, 0.6) is 0 Å². The van der Waals surface area contributed by atoms with Gasteiger partial charge in [-0.1, -0.05) is 18.2 Å². The van der Waals surface area contributed by atoms with Crippen LogP contribution in [0, 0.1) is 24.0 Å². The number of carbonyl (C=O) groups is 2. The molecule has 7 nitrogen and oxygen atoms in total. The Morgan fingerprint density at radius 2 is 1.82 bits per heavy atom. The highest BCUT2D eigenvalue weighted by atomic mass is 16.6. The molecule has 1 atom stereocenters. The summed E-state index contributed by atoms with van der Waals surface area (Å²) in [6.45, 7) is 4.63. The summed E-state index contributed by atoms with van der Waals surface area (Å²) < 4.78 is 4.66. The third kappa shape index (κ3) is 3.74. The first-order valence-corrected chi connectivity index (χ1v) is 9.07. The fraction of sp³-hybridized carbons (Fsp3) is 0.333. The number of esters is 1.